The summed E-state index contributed by atoms with van der Waals surface area (Å²) >= 11 is 1.83. The molecule has 0 saturated carbocycles. The minimum absolute atomic E-state index is 0.139. The highest BCUT2D eigenvalue weighted by Gasteiger charge is 2.30. The van der Waals surface area contributed by atoms with Crippen LogP contribution in [0.25, 0.3) is 43.1 Å². The third-order valence-corrected chi connectivity index (χ3v) is 8.39. The van der Waals surface area contributed by atoms with E-state index in [1.807, 2.05) is 35.9 Å². The predicted octanol–water partition coefficient (Wildman–Crippen LogP) is 7.61. The van der Waals surface area contributed by atoms with Crippen molar-refractivity contribution in [1.29, 1.82) is 10.5 Å². The van der Waals surface area contributed by atoms with E-state index in [1.54, 1.807) is 12.4 Å². The molecule has 3 heterocycles. The minimum Gasteiger partial charge on any atom is -0.263 e. The second kappa shape index (κ2) is 8.38. The predicted molar refractivity (Wildman–Crippen MR) is 147 cm³/mol. The molecule has 0 fully saturated rings. The van der Waals surface area contributed by atoms with Crippen LogP contribution in [-0.4, -0.2) is 9.97 Å². The second-order valence-electron chi connectivity index (χ2n) is 9.28. The quantitative estimate of drug-likeness (QED) is 0.250. The topological polar surface area (TPSA) is 73.4 Å². The number of rotatable bonds is 2. The summed E-state index contributed by atoms with van der Waals surface area (Å²) in [7, 11) is 0. The number of nitrogens with zero attached hydrogens (tertiary/aromatic N) is 4. The molecule has 0 bridgehead atoms. The van der Waals surface area contributed by atoms with Crippen LogP contribution >= 0.6 is 11.3 Å². The number of benzene rings is 3. The Morgan fingerprint density at radius 1 is 0.757 bits per heavy atom. The Hall–Kier alpha value is -4.84. The first-order chi connectivity index (χ1) is 18.2. The summed E-state index contributed by atoms with van der Waals surface area (Å²) in [5.41, 5.74) is 8.06. The summed E-state index contributed by atoms with van der Waals surface area (Å²) in [6.07, 6.45) is 7.80. The van der Waals surface area contributed by atoms with Gasteiger partial charge in [-0.05, 0) is 57.6 Å². The van der Waals surface area contributed by atoms with Crippen molar-refractivity contribution in [3.05, 3.63) is 119 Å². The molecule has 0 saturated heterocycles. The smallest absolute Gasteiger partial charge is 0.101 e. The zero-order chi connectivity index (χ0) is 24.9. The van der Waals surface area contributed by atoms with Crippen LogP contribution in [0.5, 0.6) is 0 Å². The van der Waals surface area contributed by atoms with Gasteiger partial charge in [0.05, 0.1) is 11.1 Å². The van der Waals surface area contributed by atoms with Gasteiger partial charge >= 0.3 is 0 Å². The molecule has 7 rings (SSSR count). The van der Waals surface area contributed by atoms with Crippen molar-refractivity contribution in [2.45, 2.75) is 12.3 Å². The number of nitriles is 2. The number of aromatic nitrogens is 2. The zero-order valence-electron chi connectivity index (χ0n) is 19.6. The molecule has 5 heteroatoms. The van der Waals surface area contributed by atoms with E-state index in [9.17, 15) is 10.5 Å². The van der Waals surface area contributed by atoms with E-state index < -0.39 is 0 Å². The average Bonchev–Trinajstić information content (AvgIpc) is 3.35. The van der Waals surface area contributed by atoms with Crippen LogP contribution in [0.2, 0.25) is 0 Å². The molecule has 37 heavy (non-hydrogen) atoms. The fraction of sp³-hybridized carbons (Fsp3) is 0.0625. The first kappa shape index (κ1) is 21.4. The molecule has 0 spiro atoms. The van der Waals surface area contributed by atoms with Crippen LogP contribution in [-0.2, 0) is 6.42 Å². The maximum atomic E-state index is 9.45. The van der Waals surface area contributed by atoms with Crippen molar-refractivity contribution < 1.29 is 0 Å². The minimum atomic E-state index is 0.139. The molecule has 0 aliphatic heterocycles. The maximum Gasteiger partial charge on any atom is 0.101 e. The van der Waals surface area contributed by atoms with Crippen LogP contribution in [0.1, 0.15) is 33.0 Å². The summed E-state index contributed by atoms with van der Waals surface area (Å²) in [6.45, 7) is 0. The third kappa shape index (κ3) is 3.33. The fourth-order valence-electron chi connectivity index (χ4n) is 5.66. The van der Waals surface area contributed by atoms with E-state index in [2.05, 4.69) is 76.7 Å². The first-order valence-corrected chi connectivity index (χ1v) is 12.8. The number of fused-ring (bicyclic) bond motifs is 7. The Kier molecular flexibility index (Phi) is 4.86. The van der Waals surface area contributed by atoms with Gasteiger partial charge in [0.15, 0.2) is 0 Å². The van der Waals surface area contributed by atoms with E-state index in [4.69, 9.17) is 0 Å². The van der Waals surface area contributed by atoms with E-state index in [0.717, 1.165) is 28.5 Å². The molecule has 1 aliphatic carbocycles. The van der Waals surface area contributed by atoms with E-state index in [-0.39, 0.29) is 5.92 Å². The lowest BCUT2D eigenvalue weighted by atomic mass is 9.78. The molecular weight excluding hydrogens is 472 g/mol. The summed E-state index contributed by atoms with van der Waals surface area (Å²) in [5.74, 6) is 0.139. The van der Waals surface area contributed by atoms with Gasteiger partial charge in [-0.3, -0.25) is 9.97 Å². The van der Waals surface area contributed by atoms with Crippen LogP contribution in [0, 0.1) is 22.7 Å². The summed E-state index contributed by atoms with van der Waals surface area (Å²) < 4.78 is 1.22. The van der Waals surface area contributed by atoms with Gasteiger partial charge in [0.1, 0.15) is 12.1 Å². The monoisotopic (exact) mass is 490 g/mol. The average molecular weight is 491 g/mol. The van der Waals surface area contributed by atoms with Gasteiger partial charge in [0.2, 0.25) is 0 Å². The normalized spacial score (nSPS) is 14.1. The maximum absolute atomic E-state index is 9.45. The van der Waals surface area contributed by atoms with Gasteiger partial charge < -0.3 is 0 Å². The highest BCUT2D eigenvalue weighted by atomic mass is 32.1. The molecule has 0 amide bonds. The van der Waals surface area contributed by atoms with Crippen LogP contribution in [0.3, 0.4) is 0 Å². The molecule has 3 aromatic heterocycles. The molecule has 4 nitrogen and oxygen atoms in total. The Morgan fingerprint density at radius 2 is 1.49 bits per heavy atom. The van der Waals surface area contributed by atoms with Gasteiger partial charge in [-0.15, -0.1) is 11.3 Å². The van der Waals surface area contributed by atoms with Gasteiger partial charge in [0, 0.05) is 56.8 Å². The SMILES string of the molecule is N#Cc1cncc(-c2cc3sc4c(c3c3ccccc23)-c2ccccc2C(c2cncc(C#N)c2)C4)c1. The van der Waals surface area contributed by atoms with Crippen molar-refractivity contribution in [1.82, 2.24) is 9.97 Å². The van der Waals surface area contributed by atoms with Crippen molar-refractivity contribution in [3.8, 4) is 34.4 Å². The molecule has 6 aromatic rings. The van der Waals surface area contributed by atoms with E-state index in [1.165, 1.54) is 37.0 Å². The van der Waals surface area contributed by atoms with Crippen LogP contribution in [0.15, 0.2) is 91.5 Å². The standard InChI is InChI=1S/C32H18N4S/c33-13-19-9-21(17-35-15-19)27-11-29-31(25-7-3-1-5-23(25)27)32-26-8-4-2-6-24(26)28(12-30(32)37-29)22-10-20(14-34)16-36-18-22/h1-11,15-18,28H,12H2. The number of hydrogen-bond acceptors (Lipinski definition) is 5. The lowest BCUT2D eigenvalue weighted by molar-refractivity contribution is 0.800. The Labute approximate surface area is 217 Å². The molecule has 3 aromatic carbocycles. The highest BCUT2D eigenvalue weighted by molar-refractivity contribution is 7.20. The number of hydrogen-bond donors (Lipinski definition) is 0. The molecule has 0 radical (unpaired) electrons. The molecule has 1 atom stereocenters. The largest absolute Gasteiger partial charge is 0.263 e. The summed E-state index contributed by atoms with van der Waals surface area (Å²) in [5, 5.41) is 22.5. The van der Waals surface area contributed by atoms with Crippen molar-refractivity contribution in [3.63, 3.8) is 0 Å². The Morgan fingerprint density at radius 3 is 2.32 bits per heavy atom. The van der Waals surface area contributed by atoms with Crippen molar-refractivity contribution in [2.24, 2.45) is 0 Å². The summed E-state index contributed by atoms with van der Waals surface area (Å²) in [6, 6.07) is 27.7. The Balaban J connectivity index is 1.51. The molecular formula is C32H18N4S. The van der Waals surface area contributed by atoms with Crippen LogP contribution in [0.4, 0.5) is 0 Å². The van der Waals surface area contributed by atoms with Gasteiger partial charge in [-0.25, -0.2) is 0 Å². The molecule has 0 N–H and O–H groups in total. The van der Waals surface area contributed by atoms with Crippen molar-refractivity contribution >= 4 is 32.2 Å². The van der Waals surface area contributed by atoms with E-state index >= 15 is 0 Å². The number of pyridine rings is 2. The highest BCUT2D eigenvalue weighted by Crippen LogP contribution is 2.52. The molecule has 172 valence electrons. The summed E-state index contributed by atoms with van der Waals surface area (Å²) in [4.78, 5) is 10.0. The molecule has 1 aliphatic rings. The van der Waals surface area contributed by atoms with Gasteiger partial charge in [0.25, 0.3) is 0 Å². The number of thiophene rings is 1. The van der Waals surface area contributed by atoms with E-state index in [0.29, 0.717) is 11.1 Å². The van der Waals surface area contributed by atoms with Gasteiger partial charge in [-0.1, -0.05) is 48.5 Å². The van der Waals surface area contributed by atoms with Crippen molar-refractivity contribution in [2.75, 3.05) is 0 Å². The Bertz CT molecular complexity index is 1950. The zero-order valence-corrected chi connectivity index (χ0v) is 20.5. The molecule has 1 unspecified atom stereocenters. The first-order valence-electron chi connectivity index (χ1n) is 12.0. The van der Waals surface area contributed by atoms with Gasteiger partial charge in [-0.2, -0.15) is 10.5 Å². The lowest BCUT2D eigenvalue weighted by Crippen LogP contribution is -2.11. The lowest BCUT2D eigenvalue weighted by Gasteiger charge is -2.26. The second-order valence-corrected chi connectivity index (χ2v) is 10.4. The fourth-order valence-corrected chi connectivity index (χ4v) is 6.98. The van der Waals surface area contributed by atoms with Crippen LogP contribution < -0.4 is 0 Å². The third-order valence-electron chi connectivity index (χ3n) is 7.23.